The van der Waals surface area contributed by atoms with Crippen LogP contribution in [0.3, 0.4) is 0 Å². The molecule has 0 radical (unpaired) electrons. The Morgan fingerprint density at radius 1 is 0.852 bits per heavy atom. The first-order valence-corrected chi connectivity index (χ1v) is 8.69. The lowest BCUT2D eigenvalue weighted by atomic mass is 10.0. The van der Waals surface area contributed by atoms with Gasteiger partial charge in [0.05, 0.1) is 6.04 Å². The summed E-state index contributed by atoms with van der Waals surface area (Å²) in [5, 5.41) is 2.85. The zero-order valence-corrected chi connectivity index (χ0v) is 14.9. The van der Waals surface area contributed by atoms with Crippen LogP contribution >= 0.6 is 0 Å². The zero-order valence-electron chi connectivity index (χ0n) is 14.9. The van der Waals surface area contributed by atoms with Gasteiger partial charge in [0.1, 0.15) is 0 Å². The number of nitrogens with one attached hydrogen (secondary N) is 1. The highest BCUT2D eigenvalue weighted by atomic mass is 16.2. The first-order chi connectivity index (χ1) is 13.1. The fourth-order valence-electron chi connectivity index (χ4n) is 2.90. The second kappa shape index (κ2) is 8.27. The SMILES string of the molecule is C[C@H](NC(=O)[C@H](C(=O)c1ccccc1)n1ccccc1=O)c1ccccc1. The third-order valence-electron chi connectivity index (χ3n) is 4.34. The number of nitrogens with zero attached hydrogens (tertiary/aromatic N) is 1. The smallest absolute Gasteiger partial charge is 0.251 e. The van der Waals surface area contributed by atoms with Gasteiger partial charge in [0.25, 0.3) is 11.5 Å². The maximum Gasteiger partial charge on any atom is 0.251 e. The molecule has 136 valence electrons. The lowest BCUT2D eigenvalue weighted by Crippen LogP contribution is -2.42. The molecule has 5 heteroatoms. The van der Waals surface area contributed by atoms with Gasteiger partial charge >= 0.3 is 0 Å². The van der Waals surface area contributed by atoms with Gasteiger partial charge in [0.15, 0.2) is 11.8 Å². The molecular weight excluding hydrogens is 340 g/mol. The summed E-state index contributed by atoms with van der Waals surface area (Å²) in [6.07, 6.45) is 1.46. The third kappa shape index (κ3) is 4.20. The van der Waals surface area contributed by atoms with Crippen LogP contribution in [-0.2, 0) is 4.79 Å². The third-order valence-corrected chi connectivity index (χ3v) is 4.34. The van der Waals surface area contributed by atoms with Gasteiger partial charge in [-0.2, -0.15) is 0 Å². The van der Waals surface area contributed by atoms with Crippen LogP contribution in [0.5, 0.6) is 0 Å². The maximum atomic E-state index is 13.0. The average Bonchev–Trinajstić information content (AvgIpc) is 2.71. The van der Waals surface area contributed by atoms with Gasteiger partial charge in [-0.05, 0) is 18.6 Å². The fourth-order valence-corrected chi connectivity index (χ4v) is 2.90. The highest BCUT2D eigenvalue weighted by Gasteiger charge is 2.30. The van der Waals surface area contributed by atoms with Crippen molar-refractivity contribution < 1.29 is 9.59 Å². The van der Waals surface area contributed by atoms with Crippen LogP contribution in [0.4, 0.5) is 0 Å². The Morgan fingerprint density at radius 3 is 2.07 bits per heavy atom. The normalized spacial score (nSPS) is 12.8. The molecule has 1 aromatic heterocycles. The molecule has 3 aromatic rings. The second-order valence-electron chi connectivity index (χ2n) is 6.22. The summed E-state index contributed by atoms with van der Waals surface area (Å²) in [6, 6.07) is 20.9. The van der Waals surface area contributed by atoms with Gasteiger partial charge in [-0.3, -0.25) is 19.0 Å². The van der Waals surface area contributed by atoms with Crippen molar-refractivity contribution in [1.29, 1.82) is 0 Å². The van der Waals surface area contributed by atoms with E-state index >= 15 is 0 Å². The molecule has 0 aliphatic carbocycles. The Bertz CT molecular complexity index is 981. The van der Waals surface area contributed by atoms with Crippen molar-refractivity contribution in [1.82, 2.24) is 9.88 Å². The number of benzene rings is 2. The predicted molar refractivity (Wildman–Crippen MR) is 104 cm³/mol. The highest BCUT2D eigenvalue weighted by Crippen LogP contribution is 2.17. The Kier molecular flexibility index (Phi) is 5.61. The van der Waals surface area contributed by atoms with Gasteiger partial charge in [0, 0.05) is 17.8 Å². The van der Waals surface area contributed by atoms with E-state index in [2.05, 4.69) is 5.32 Å². The number of pyridine rings is 1. The van der Waals surface area contributed by atoms with E-state index in [-0.39, 0.29) is 6.04 Å². The van der Waals surface area contributed by atoms with Crippen LogP contribution < -0.4 is 10.9 Å². The van der Waals surface area contributed by atoms with Crippen molar-refractivity contribution in [2.45, 2.75) is 19.0 Å². The minimum absolute atomic E-state index is 0.302. The van der Waals surface area contributed by atoms with Crippen molar-refractivity contribution in [2.24, 2.45) is 0 Å². The molecule has 0 saturated carbocycles. The lowest BCUT2D eigenvalue weighted by Gasteiger charge is -2.21. The van der Waals surface area contributed by atoms with E-state index in [1.54, 1.807) is 42.5 Å². The van der Waals surface area contributed by atoms with Crippen LogP contribution in [0.1, 0.15) is 34.9 Å². The number of aromatic nitrogens is 1. The molecule has 0 fully saturated rings. The maximum absolute atomic E-state index is 13.0. The van der Waals surface area contributed by atoms with E-state index in [9.17, 15) is 14.4 Å². The van der Waals surface area contributed by atoms with Crippen LogP contribution in [0, 0.1) is 0 Å². The predicted octanol–water partition coefficient (Wildman–Crippen LogP) is 3.15. The first-order valence-electron chi connectivity index (χ1n) is 8.69. The van der Waals surface area contributed by atoms with Gasteiger partial charge < -0.3 is 5.32 Å². The van der Waals surface area contributed by atoms with Crippen LogP contribution in [0.2, 0.25) is 0 Å². The van der Waals surface area contributed by atoms with E-state index in [1.165, 1.54) is 16.8 Å². The summed E-state index contributed by atoms with van der Waals surface area (Å²) in [5.74, 6) is -0.949. The Balaban J connectivity index is 1.94. The van der Waals surface area contributed by atoms with E-state index in [4.69, 9.17) is 0 Å². The van der Waals surface area contributed by atoms with E-state index < -0.39 is 23.3 Å². The number of carbonyl (C=O) groups is 2. The molecule has 2 atom stereocenters. The van der Waals surface area contributed by atoms with Crippen molar-refractivity contribution in [3.8, 4) is 0 Å². The van der Waals surface area contributed by atoms with Gasteiger partial charge in [-0.25, -0.2) is 0 Å². The number of hydrogen-bond donors (Lipinski definition) is 1. The molecule has 3 rings (SSSR count). The molecule has 0 aliphatic heterocycles. The molecule has 0 spiro atoms. The molecule has 0 bridgehead atoms. The Hall–Kier alpha value is -3.47. The second-order valence-corrected chi connectivity index (χ2v) is 6.22. The number of Topliss-reactive ketones (excluding diaryl/α,β-unsaturated/α-hetero) is 1. The zero-order chi connectivity index (χ0) is 19.2. The van der Waals surface area contributed by atoms with Crippen molar-refractivity contribution in [2.75, 3.05) is 0 Å². The topological polar surface area (TPSA) is 68.2 Å². The summed E-state index contributed by atoms with van der Waals surface area (Å²) in [5.41, 5.74) is 0.882. The molecule has 2 aromatic carbocycles. The lowest BCUT2D eigenvalue weighted by molar-refractivity contribution is -0.123. The number of hydrogen-bond acceptors (Lipinski definition) is 3. The Morgan fingerprint density at radius 2 is 1.44 bits per heavy atom. The molecule has 1 N–H and O–H groups in total. The summed E-state index contributed by atoms with van der Waals surface area (Å²) < 4.78 is 1.17. The largest absolute Gasteiger partial charge is 0.347 e. The first kappa shape index (κ1) is 18.3. The van der Waals surface area contributed by atoms with Gasteiger partial charge in [-0.15, -0.1) is 0 Å². The average molecular weight is 360 g/mol. The standard InChI is InChI=1S/C22H20N2O3/c1-16(17-10-4-2-5-11-17)23-22(27)20(24-15-9-8-14-19(24)25)21(26)18-12-6-3-7-13-18/h2-16,20H,1H3,(H,23,27)/t16-,20-/m0/s1. The molecule has 0 aliphatic rings. The minimum Gasteiger partial charge on any atom is -0.347 e. The number of amides is 1. The van der Waals surface area contributed by atoms with Crippen molar-refractivity contribution >= 4 is 11.7 Å². The van der Waals surface area contributed by atoms with Crippen molar-refractivity contribution in [3.63, 3.8) is 0 Å². The molecule has 1 amide bonds. The van der Waals surface area contributed by atoms with E-state index in [0.29, 0.717) is 5.56 Å². The summed E-state index contributed by atoms with van der Waals surface area (Å²) in [6.45, 7) is 1.84. The number of rotatable bonds is 6. The number of carbonyl (C=O) groups excluding carboxylic acids is 2. The molecular formula is C22H20N2O3. The molecule has 0 saturated heterocycles. The van der Waals surface area contributed by atoms with Crippen LogP contribution in [0.15, 0.2) is 89.9 Å². The van der Waals surface area contributed by atoms with Crippen LogP contribution in [-0.4, -0.2) is 16.3 Å². The minimum atomic E-state index is -1.27. The monoisotopic (exact) mass is 360 g/mol. The van der Waals surface area contributed by atoms with E-state index in [1.807, 2.05) is 37.3 Å². The number of ketones is 1. The molecule has 0 unspecified atom stereocenters. The quantitative estimate of drug-likeness (QED) is 0.542. The van der Waals surface area contributed by atoms with Crippen molar-refractivity contribution in [3.05, 3.63) is 107 Å². The fraction of sp³-hybridized carbons (Fsp3) is 0.136. The van der Waals surface area contributed by atoms with E-state index in [0.717, 1.165) is 5.56 Å². The molecule has 1 heterocycles. The summed E-state index contributed by atoms with van der Waals surface area (Å²) >= 11 is 0. The molecule has 27 heavy (non-hydrogen) atoms. The highest BCUT2D eigenvalue weighted by molar-refractivity contribution is 6.11. The molecule has 5 nitrogen and oxygen atoms in total. The van der Waals surface area contributed by atoms with Crippen LogP contribution in [0.25, 0.3) is 0 Å². The summed E-state index contributed by atoms with van der Waals surface area (Å²) in [7, 11) is 0. The summed E-state index contributed by atoms with van der Waals surface area (Å²) in [4.78, 5) is 38.3. The van der Waals surface area contributed by atoms with Gasteiger partial charge in [0.2, 0.25) is 0 Å². The van der Waals surface area contributed by atoms with Gasteiger partial charge in [-0.1, -0.05) is 66.7 Å². The Labute approximate surface area is 157 Å².